The van der Waals surface area contributed by atoms with E-state index < -0.39 is 0 Å². The Morgan fingerprint density at radius 3 is 2.64 bits per heavy atom. The highest BCUT2D eigenvalue weighted by Gasteiger charge is 2.28. The van der Waals surface area contributed by atoms with Crippen molar-refractivity contribution in [3.8, 4) is 0 Å². The fourth-order valence-corrected chi connectivity index (χ4v) is 3.81. The van der Waals surface area contributed by atoms with Gasteiger partial charge in [-0.1, -0.05) is 38.1 Å². The van der Waals surface area contributed by atoms with Crippen LogP contribution in [0.15, 0.2) is 29.3 Å². The van der Waals surface area contributed by atoms with E-state index in [2.05, 4.69) is 27.8 Å². The summed E-state index contributed by atoms with van der Waals surface area (Å²) in [4.78, 5) is 32.8. The van der Waals surface area contributed by atoms with Crippen molar-refractivity contribution in [1.29, 1.82) is 0 Å². The summed E-state index contributed by atoms with van der Waals surface area (Å²) in [6.45, 7) is 6.91. The van der Waals surface area contributed by atoms with E-state index in [0.717, 1.165) is 25.9 Å². The molecule has 0 spiro atoms. The maximum Gasteiger partial charge on any atom is 0.242 e. The number of aliphatic imine (C=N–C) groups is 1. The predicted octanol–water partition coefficient (Wildman–Crippen LogP) is 0.993. The molecule has 1 aromatic carbocycles. The number of hydrogen-bond donors (Lipinski definition) is 2. The number of nitrogens with zero attached hydrogens (tertiary/aromatic N) is 3. The molecule has 7 nitrogen and oxygen atoms in total. The Labute approximate surface area is 167 Å². The Morgan fingerprint density at radius 1 is 1.18 bits per heavy atom. The van der Waals surface area contributed by atoms with Gasteiger partial charge in [0.25, 0.3) is 0 Å². The average Bonchev–Trinajstić information content (AvgIpc) is 3.18. The Hall–Kier alpha value is -2.57. The van der Waals surface area contributed by atoms with Gasteiger partial charge in [0.15, 0.2) is 5.96 Å². The van der Waals surface area contributed by atoms with Gasteiger partial charge in [-0.2, -0.15) is 0 Å². The molecule has 7 heteroatoms. The van der Waals surface area contributed by atoms with Crippen molar-refractivity contribution in [3.05, 3.63) is 35.4 Å². The molecule has 0 radical (unpaired) electrons. The minimum Gasteiger partial charge on any atom is -0.352 e. The van der Waals surface area contributed by atoms with Gasteiger partial charge in [-0.05, 0) is 24.0 Å². The molecule has 1 saturated heterocycles. The Morgan fingerprint density at radius 2 is 1.93 bits per heavy atom. The lowest BCUT2D eigenvalue weighted by atomic mass is 10.00. The molecule has 1 aromatic rings. The first-order valence-electron chi connectivity index (χ1n) is 10.1. The molecule has 2 aliphatic heterocycles. The van der Waals surface area contributed by atoms with E-state index in [9.17, 15) is 9.59 Å². The second kappa shape index (κ2) is 9.08. The van der Waals surface area contributed by atoms with Gasteiger partial charge in [0.05, 0.1) is 6.54 Å². The first-order valence-corrected chi connectivity index (χ1v) is 10.1. The zero-order valence-corrected chi connectivity index (χ0v) is 17.1. The monoisotopic (exact) mass is 385 g/mol. The zero-order valence-electron chi connectivity index (χ0n) is 17.1. The topological polar surface area (TPSA) is 77.0 Å². The molecule has 1 fully saturated rings. The number of guanidine groups is 1. The van der Waals surface area contributed by atoms with Gasteiger partial charge in [-0.3, -0.25) is 14.6 Å². The van der Waals surface area contributed by atoms with Crippen LogP contribution in [0, 0.1) is 5.92 Å². The number of nitrogens with one attached hydrogen (secondary N) is 2. The molecular formula is C21H31N5O2. The van der Waals surface area contributed by atoms with Gasteiger partial charge in [0.1, 0.15) is 0 Å². The normalized spacial score (nSPS) is 19.6. The molecule has 152 valence electrons. The molecule has 2 N–H and O–H groups in total. The van der Waals surface area contributed by atoms with E-state index in [4.69, 9.17) is 0 Å². The van der Waals surface area contributed by atoms with E-state index in [-0.39, 0.29) is 30.3 Å². The maximum atomic E-state index is 12.6. The third-order valence-electron chi connectivity index (χ3n) is 5.45. The van der Waals surface area contributed by atoms with E-state index >= 15 is 0 Å². The molecule has 28 heavy (non-hydrogen) atoms. The number of benzene rings is 1. The van der Waals surface area contributed by atoms with Crippen molar-refractivity contribution >= 4 is 17.8 Å². The SMILES string of the molecule is CN=C(NCC(=O)N1CCc2ccccc2C1)NC1CCN(C(=O)C(C)C)C1. The summed E-state index contributed by atoms with van der Waals surface area (Å²) in [6.07, 6.45) is 1.78. The summed E-state index contributed by atoms with van der Waals surface area (Å²) >= 11 is 0. The third kappa shape index (κ3) is 4.82. The van der Waals surface area contributed by atoms with E-state index in [1.54, 1.807) is 7.05 Å². The molecule has 1 atom stereocenters. The van der Waals surface area contributed by atoms with Crippen LogP contribution < -0.4 is 10.6 Å². The van der Waals surface area contributed by atoms with Gasteiger partial charge >= 0.3 is 0 Å². The fraction of sp³-hybridized carbons (Fsp3) is 0.571. The maximum absolute atomic E-state index is 12.6. The summed E-state index contributed by atoms with van der Waals surface area (Å²) < 4.78 is 0. The van der Waals surface area contributed by atoms with Crippen molar-refractivity contribution in [2.24, 2.45) is 10.9 Å². The third-order valence-corrected chi connectivity index (χ3v) is 5.45. The van der Waals surface area contributed by atoms with Crippen molar-refractivity contribution in [1.82, 2.24) is 20.4 Å². The summed E-state index contributed by atoms with van der Waals surface area (Å²) in [5.41, 5.74) is 2.56. The van der Waals surface area contributed by atoms with Gasteiger partial charge in [0, 0.05) is 45.2 Å². The van der Waals surface area contributed by atoms with Crippen LogP contribution in [0.1, 0.15) is 31.4 Å². The zero-order chi connectivity index (χ0) is 20.1. The number of carbonyl (C=O) groups is 2. The first kappa shape index (κ1) is 20.2. The van der Waals surface area contributed by atoms with Crippen LogP contribution in [0.5, 0.6) is 0 Å². The van der Waals surface area contributed by atoms with Crippen molar-refractivity contribution in [2.45, 2.75) is 39.3 Å². The van der Waals surface area contributed by atoms with Gasteiger partial charge in [-0.25, -0.2) is 0 Å². The van der Waals surface area contributed by atoms with E-state index in [0.29, 0.717) is 19.0 Å². The summed E-state index contributed by atoms with van der Waals surface area (Å²) in [5.74, 6) is 0.881. The Bertz CT molecular complexity index is 746. The molecule has 0 aromatic heterocycles. The summed E-state index contributed by atoms with van der Waals surface area (Å²) in [5, 5.41) is 6.47. The highest BCUT2D eigenvalue weighted by molar-refractivity contribution is 5.87. The number of hydrogen-bond acceptors (Lipinski definition) is 3. The second-order valence-corrected chi connectivity index (χ2v) is 7.83. The van der Waals surface area contributed by atoms with Crippen LogP contribution in [0.25, 0.3) is 0 Å². The molecule has 1 unspecified atom stereocenters. The average molecular weight is 386 g/mol. The van der Waals surface area contributed by atoms with Crippen LogP contribution in [0.2, 0.25) is 0 Å². The Kier molecular flexibility index (Phi) is 6.54. The second-order valence-electron chi connectivity index (χ2n) is 7.83. The fourth-order valence-electron chi connectivity index (χ4n) is 3.81. The van der Waals surface area contributed by atoms with Crippen molar-refractivity contribution in [3.63, 3.8) is 0 Å². The van der Waals surface area contributed by atoms with Gasteiger partial charge in [0.2, 0.25) is 11.8 Å². The van der Waals surface area contributed by atoms with Crippen LogP contribution >= 0.6 is 0 Å². The quantitative estimate of drug-likeness (QED) is 0.599. The number of fused-ring (bicyclic) bond motifs is 1. The standard InChI is InChI=1S/C21H31N5O2/c1-15(2)20(28)26-11-9-18(14-26)24-21(22-3)23-12-19(27)25-10-8-16-6-4-5-7-17(16)13-25/h4-7,15,18H,8-14H2,1-3H3,(H2,22,23,24). The number of carbonyl (C=O) groups excluding carboxylic acids is 2. The van der Waals surface area contributed by atoms with E-state index in [1.165, 1.54) is 11.1 Å². The lowest BCUT2D eigenvalue weighted by molar-refractivity contribution is -0.133. The van der Waals surface area contributed by atoms with E-state index in [1.807, 2.05) is 35.8 Å². The van der Waals surface area contributed by atoms with Crippen LogP contribution in [-0.2, 0) is 22.6 Å². The largest absolute Gasteiger partial charge is 0.352 e. The lowest BCUT2D eigenvalue weighted by Gasteiger charge is -2.29. The molecule has 0 aliphatic carbocycles. The molecule has 2 amide bonds. The minimum absolute atomic E-state index is 0.0171. The molecule has 0 bridgehead atoms. The first-order chi connectivity index (χ1) is 13.5. The molecule has 2 aliphatic rings. The molecule has 0 saturated carbocycles. The molecule has 2 heterocycles. The minimum atomic E-state index is 0.0171. The molecular weight excluding hydrogens is 354 g/mol. The number of rotatable bonds is 4. The van der Waals surface area contributed by atoms with Crippen molar-refractivity contribution in [2.75, 3.05) is 33.2 Å². The number of likely N-dealkylation sites (tertiary alicyclic amines) is 1. The van der Waals surface area contributed by atoms with Gasteiger partial charge in [-0.15, -0.1) is 0 Å². The van der Waals surface area contributed by atoms with Gasteiger partial charge < -0.3 is 20.4 Å². The smallest absolute Gasteiger partial charge is 0.242 e. The lowest BCUT2D eigenvalue weighted by Crippen LogP contribution is -2.49. The van der Waals surface area contributed by atoms with Crippen LogP contribution in [0.3, 0.4) is 0 Å². The molecule has 3 rings (SSSR count). The highest BCUT2D eigenvalue weighted by atomic mass is 16.2. The summed E-state index contributed by atoms with van der Waals surface area (Å²) in [6, 6.07) is 8.45. The number of amides is 2. The van der Waals surface area contributed by atoms with Crippen LogP contribution in [0.4, 0.5) is 0 Å². The summed E-state index contributed by atoms with van der Waals surface area (Å²) in [7, 11) is 1.70. The Balaban J connectivity index is 1.46. The predicted molar refractivity (Wildman–Crippen MR) is 110 cm³/mol. The van der Waals surface area contributed by atoms with Crippen LogP contribution in [-0.4, -0.2) is 66.8 Å². The highest BCUT2D eigenvalue weighted by Crippen LogP contribution is 2.18. The van der Waals surface area contributed by atoms with Crippen molar-refractivity contribution < 1.29 is 9.59 Å².